The Morgan fingerprint density at radius 1 is 1.32 bits per heavy atom. The van der Waals surface area contributed by atoms with Gasteiger partial charge >= 0.3 is 0 Å². The summed E-state index contributed by atoms with van der Waals surface area (Å²) >= 11 is 11.6. The van der Waals surface area contributed by atoms with Crippen LogP contribution in [0.15, 0.2) is 35.5 Å². The molecule has 0 amide bonds. The first-order valence-electron chi connectivity index (χ1n) is 5.36. The minimum atomic E-state index is -3.66. The number of rotatable bonds is 4. The van der Waals surface area contributed by atoms with Crippen LogP contribution < -0.4 is 4.72 Å². The van der Waals surface area contributed by atoms with Gasteiger partial charge in [0.15, 0.2) is 0 Å². The number of H-pyrrole nitrogens is 1. The third kappa shape index (κ3) is 3.27. The van der Waals surface area contributed by atoms with Crippen LogP contribution in [0.3, 0.4) is 0 Å². The van der Waals surface area contributed by atoms with Gasteiger partial charge in [-0.3, -0.25) is 5.10 Å². The predicted molar refractivity (Wildman–Crippen MR) is 73.8 cm³/mol. The molecule has 1 atom stereocenters. The standard InChI is InChI=1S/C11H11Cl2N3O2S/c1-7(8-5-14-15-6-8)16-19(17,18)9-2-3-10(12)11(13)4-9/h2-7,16H,1H3,(H,14,15). The van der Waals surface area contributed by atoms with Gasteiger partial charge in [-0.05, 0) is 25.1 Å². The van der Waals surface area contributed by atoms with Gasteiger partial charge in [0.1, 0.15) is 0 Å². The number of benzene rings is 1. The molecule has 0 spiro atoms. The summed E-state index contributed by atoms with van der Waals surface area (Å²) in [5, 5.41) is 6.91. The van der Waals surface area contributed by atoms with Gasteiger partial charge < -0.3 is 0 Å². The number of aromatic amines is 1. The zero-order chi connectivity index (χ0) is 14.0. The number of nitrogens with one attached hydrogen (secondary N) is 2. The van der Waals surface area contributed by atoms with Gasteiger partial charge in [0.05, 0.1) is 21.1 Å². The molecule has 1 aromatic carbocycles. The Morgan fingerprint density at radius 2 is 2.05 bits per heavy atom. The average molecular weight is 320 g/mol. The van der Waals surface area contributed by atoms with Gasteiger partial charge in [0, 0.05) is 17.8 Å². The van der Waals surface area contributed by atoms with Gasteiger partial charge in [-0.25, -0.2) is 13.1 Å². The van der Waals surface area contributed by atoms with Gasteiger partial charge in [0.2, 0.25) is 10.0 Å². The Hall–Kier alpha value is -1.08. The highest BCUT2D eigenvalue weighted by Gasteiger charge is 2.19. The second-order valence-electron chi connectivity index (χ2n) is 3.95. The molecule has 0 saturated heterocycles. The maximum atomic E-state index is 12.2. The quantitative estimate of drug-likeness (QED) is 0.909. The molecule has 1 aromatic heterocycles. The van der Waals surface area contributed by atoms with E-state index in [0.717, 1.165) is 5.56 Å². The minimum absolute atomic E-state index is 0.0669. The van der Waals surface area contributed by atoms with E-state index in [0.29, 0.717) is 5.02 Å². The Bertz CT molecular complexity index is 671. The number of sulfonamides is 1. The summed E-state index contributed by atoms with van der Waals surface area (Å²) in [6, 6.07) is 3.76. The molecule has 0 radical (unpaired) electrons. The monoisotopic (exact) mass is 319 g/mol. The lowest BCUT2D eigenvalue weighted by molar-refractivity contribution is 0.567. The van der Waals surface area contributed by atoms with Crippen LogP contribution >= 0.6 is 23.2 Å². The average Bonchev–Trinajstić information content (AvgIpc) is 2.85. The van der Waals surface area contributed by atoms with Crippen molar-refractivity contribution in [1.82, 2.24) is 14.9 Å². The molecule has 102 valence electrons. The molecule has 0 aliphatic rings. The Balaban J connectivity index is 2.25. The fourth-order valence-corrected chi connectivity index (χ4v) is 3.13. The Kier molecular flexibility index (Phi) is 4.15. The van der Waals surface area contributed by atoms with E-state index in [2.05, 4.69) is 14.9 Å². The van der Waals surface area contributed by atoms with Gasteiger partial charge in [-0.15, -0.1) is 0 Å². The van der Waals surface area contributed by atoms with Crippen LogP contribution in [0.1, 0.15) is 18.5 Å². The summed E-state index contributed by atoms with van der Waals surface area (Å²) in [5.41, 5.74) is 0.739. The zero-order valence-corrected chi connectivity index (χ0v) is 12.2. The number of nitrogens with zero attached hydrogens (tertiary/aromatic N) is 1. The van der Waals surface area contributed by atoms with Crippen molar-refractivity contribution in [3.8, 4) is 0 Å². The predicted octanol–water partition coefficient (Wildman–Crippen LogP) is 2.76. The molecule has 0 aliphatic heterocycles. The molecular weight excluding hydrogens is 309 g/mol. The third-order valence-corrected chi connectivity index (χ3v) is 4.83. The van der Waals surface area contributed by atoms with Crippen LogP contribution in [0.2, 0.25) is 10.0 Å². The van der Waals surface area contributed by atoms with Crippen molar-refractivity contribution in [1.29, 1.82) is 0 Å². The molecule has 2 aromatic rings. The van der Waals surface area contributed by atoms with Crippen LogP contribution in [0.4, 0.5) is 0 Å². The van der Waals surface area contributed by atoms with E-state index in [1.54, 1.807) is 19.3 Å². The number of halogens is 2. The van der Waals surface area contributed by atoms with E-state index in [1.807, 2.05) is 0 Å². The molecule has 1 heterocycles. The first kappa shape index (κ1) is 14.3. The van der Waals surface area contributed by atoms with Crippen LogP contribution in [0.25, 0.3) is 0 Å². The number of aromatic nitrogens is 2. The van der Waals surface area contributed by atoms with E-state index in [9.17, 15) is 8.42 Å². The van der Waals surface area contributed by atoms with E-state index in [-0.39, 0.29) is 9.92 Å². The third-order valence-electron chi connectivity index (χ3n) is 2.55. The second kappa shape index (κ2) is 5.50. The van der Waals surface area contributed by atoms with Crippen molar-refractivity contribution in [2.45, 2.75) is 17.9 Å². The molecule has 8 heteroatoms. The lowest BCUT2D eigenvalue weighted by Gasteiger charge is -2.13. The fraction of sp³-hybridized carbons (Fsp3) is 0.182. The first-order chi connectivity index (χ1) is 8.90. The summed E-state index contributed by atoms with van der Waals surface area (Å²) in [4.78, 5) is 0.0669. The van der Waals surface area contributed by atoms with Crippen LogP contribution in [-0.2, 0) is 10.0 Å². The molecule has 19 heavy (non-hydrogen) atoms. The second-order valence-corrected chi connectivity index (χ2v) is 6.48. The molecule has 0 bridgehead atoms. The van der Waals surface area contributed by atoms with Gasteiger partial charge in [0.25, 0.3) is 0 Å². The Morgan fingerprint density at radius 3 is 2.63 bits per heavy atom. The molecule has 2 N–H and O–H groups in total. The first-order valence-corrected chi connectivity index (χ1v) is 7.60. The molecule has 0 saturated carbocycles. The van der Waals surface area contributed by atoms with Crippen LogP contribution in [-0.4, -0.2) is 18.6 Å². The molecule has 5 nitrogen and oxygen atoms in total. The highest BCUT2D eigenvalue weighted by atomic mass is 35.5. The SMILES string of the molecule is CC(NS(=O)(=O)c1ccc(Cl)c(Cl)c1)c1cn[nH]c1. The highest BCUT2D eigenvalue weighted by molar-refractivity contribution is 7.89. The number of hydrogen-bond donors (Lipinski definition) is 2. The fourth-order valence-electron chi connectivity index (χ4n) is 1.51. The molecule has 0 aliphatic carbocycles. The van der Waals surface area contributed by atoms with Gasteiger partial charge in [-0.2, -0.15) is 5.10 Å². The van der Waals surface area contributed by atoms with Crippen molar-refractivity contribution in [3.63, 3.8) is 0 Å². The minimum Gasteiger partial charge on any atom is -0.285 e. The summed E-state index contributed by atoms with van der Waals surface area (Å²) < 4.78 is 26.8. The lowest BCUT2D eigenvalue weighted by Crippen LogP contribution is -2.26. The van der Waals surface area contributed by atoms with E-state index in [4.69, 9.17) is 23.2 Å². The van der Waals surface area contributed by atoms with Crippen molar-refractivity contribution >= 4 is 33.2 Å². The van der Waals surface area contributed by atoms with Crippen molar-refractivity contribution in [2.24, 2.45) is 0 Å². The van der Waals surface area contributed by atoms with Crippen molar-refractivity contribution < 1.29 is 8.42 Å². The summed E-state index contributed by atoms with van der Waals surface area (Å²) in [7, 11) is -3.66. The van der Waals surface area contributed by atoms with Crippen LogP contribution in [0, 0.1) is 0 Å². The van der Waals surface area contributed by atoms with E-state index in [1.165, 1.54) is 18.2 Å². The summed E-state index contributed by atoms with van der Waals surface area (Å²) in [5.74, 6) is 0. The lowest BCUT2D eigenvalue weighted by atomic mass is 10.2. The van der Waals surface area contributed by atoms with Crippen LogP contribution in [0.5, 0.6) is 0 Å². The molecule has 2 rings (SSSR count). The molecule has 1 unspecified atom stereocenters. The number of hydrogen-bond acceptors (Lipinski definition) is 3. The molecular formula is C11H11Cl2N3O2S. The molecule has 0 fully saturated rings. The highest BCUT2D eigenvalue weighted by Crippen LogP contribution is 2.25. The Labute approximate surface area is 121 Å². The normalized spacial score (nSPS) is 13.4. The maximum absolute atomic E-state index is 12.2. The van der Waals surface area contributed by atoms with Gasteiger partial charge in [-0.1, -0.05) is 23.2 Å². The topological polar surface area (TPSA) is 74.8 Å². The largest absolute Gasteiger partial charge is 0.285 e. The summed E-state index contributed by atoms with van der Waals surface area (Å²) in [6.45, 7) is 1.72. The van der Waals surface area contributed by atoms with Crippen molar-refractivity contribution in [2.75, 3.05) is 0 Å². The van der Waals surface area contributed by atoms with E-state index >= 15 is 0 Å². The summed E-state index contributed by atoms with van der Waals surface area (Å²) in [6.07, 6.45) is 3.18. The maximum Gasteiger partial charge on any atom is 0.241 e. The smallest absolute Gasteiger partial charge is 0.241 e. The zero-order valence-electron chi connectivity index (χ0n) is 9.89. The van der Waals surface area contributed by atoms with E-state index < -0.39 is 16.1 Å². The van der Waals surface area contributed by atoms with Crippen molar-refractivity contribution in [3.05, 3.63) is 46.2 Å².